The van der Waals surface area contributed by atoms with Crippen LogP contribution < -0.4 is 5.32 Å². The number of hydrogen-bond acceptors (Lipinski definition) is 3. The van der Waals surface area contributed by atoms with Gasteiger partial charge in [-0.05, 0) is 19.1 Å². The van der Waals surface area contributed by atoms with Crippen LogP contribution in [0.3, 0.4) is 0 Å². The molecule has 0 atom stereocenters. The van der Waals surface area contributed by atoms with Crippen LogP contribution in [-0.4, -0.2) is 18.2 Å². The van der Waals surface area contributed by atoms with Crippen molar-refractivity contribution in [1.82, 2.24) is 5.32 Å². The van der Waals surface area contributed by atoms with E-state index in [-0.39, 0.29) is 11.7 Å². The lowest BCUT2D eigenvalue weighted by Crippen LogP contribution is -2.19. The molecule has 0 unspecified atom stereocenters. The van der Waals surface area contributed by atoms with Gasteiger partial charge in [0.2, 0.25) is 5.91 Å². The van der Waals surface area contributed by atoms with Crippen LogP contribution in [0.15, 0.2) is 12.1 Å². The van der Waals surface area contributed by atoms with Gasteiger partial charge in [0.15, 0.2) is 5.78 Å². The van der Waals surface area contributed by atoms with Gasteiger partial charge >= 0.3 is 0 Å². The molecule has 1 aromatic heterocycles. The van der Waals surface area contributed by atoms with Crippen molar-refractivity contribution in [2.75, 3.05) is 6.54 Å². The van der Waals surface area contributed by atoms with Crippen molar-refractivity contribution < 1.29 is 9.59 Å². The van der Waals surface area contributed by atoms with Gasteiger partial charge < -0.3 is 5.32 Å². The summed E-state index contributed by atoms with van der Waals surface area (Å²) in [6.45, 7) is 3.31. The summed E-state index contributed by atoms with van der Waals surface area (Å²) in [6, 6.07) is 3.57. The van der Waals surface area contributed by atoms with Gasteiger partial charge in [-0.3, -0.25) is 9.59 Å². The molecule has 0 saturated heterocycles. The minimum Gasteiger partial charge on any atom is -0.345 e. The summed E-state index contributed by atoms with van der Waals surface area (Å²) < 4.78 is 0. The van der Waals surface area contributed by atoms with Crippen LogP contribution in [-0.2, 0) is 4.79 Å². The van der Waals surface area contributed by atoms with Gasteiger partial charge in [-0.2, -0.15) is 0 Å². The summed E-state index contributed by atoms with van der Waals surface area (Å²) in [5, 5.41) is 2.57. The lowest BCUT2D eigenvalue weighted by Gasteiger charge is -1.90. The Labute approximate surface area is 92.5 Å². The maximum Gasteiger partial charge on any atom is 0.217 e. The third-order valence-electron chi connectivity index (χ3n) is 1.59. The number of ketones is 1. The van der Waals surface area contributed by atoms with Crippen LogP contribution in [0, 0.1) is 11.8 Å². The minimum absolute atomic E-state index is 0.0508. The molecule has 1 aromatic rings. The van der Waals surface area contributed by atoms with E-state index in [2.05, 4.69) is 17.2 Å². The zero-order valence-electron chi connectivity index (χ0n) is 8.59. The fourth-order valence-electron chi connectivity index (χ4n) is 0.894. The fraction of sp³-hybridized carbons (Fsp3) is 0.273. The van der Waals surface area contributed by atoms with E-state index in [1.165, 1.54) is 25.2 Å². The van der Waals surface area contributed by atoms with Gasteiger partial charge in [0.25, 0.3) is 0 Å². The zero-order chi connectivity index (χ0) is 11.3. The van der Waals surface area contributed by atoms with Gasteiger partial charge in [-0.15, -0.1) is 11.3 Å². The molecule has 0 aromatic carbocycles. The molecular weight excluding hydrogens is 210 g/mol. The molecule has 0 aliphatic carbocycles. The van der Waals surface area contributed by atoms with Gasteiger partial charge in [0.05, 0.1) is 16.3 Å². The Hall–Kier alpha value is -1.60. The van der Waals surface area contributed by atoms with Crippen molar-refractivity contribution in [1.29, 1.82) is 0 Å². The number of thiophene rings is 1. The molecule has 3 nitrogen and oxygen atoms in total. The zero-order valence-corrected chi connectivity index (χ0v) is 9.40. The Morgan fingerprint density at radius 2 is 2.13 bits per heavy atom. The Morgan fingerprint density at radius 3 is 2.67 bits per heavy atom. The topological polar surface area (TPSA) is 46.2 Å². The molecule has 0 saturated carbocycles. The Kier molecular flexibility index (Phi) is 4.07. The van der Waals surface area contributed by atoms with E-state index in [0.29, 0.717) is 11.4 Å². The number of hydrogen-bond donors (Lipinski definition) is 1. The molecule has 0 aliphatic heterocycles. The van der Waals surface area contributed by atoms with Gasteiger partial charge in [-0.1, -0.05) is 11.8 Å². The number of amides is 1. The van der Waals surface area contributed by atoms with Crippen molar-refractivity contribution in [3.63, 3.8) is 0 Å². The molecule has 0 spiro atoms. The third-order valence-corrected chi connectivity index (χ3v) is 2.69. The number of rotatable bonds is 2. The number of Topliss-reactive ketones (excluding diaryl/α,β-unsaturated/α-hetero) is 1. The first-order valence-electron chi connectivity index (χ1n) is 4.43. The van der Waals surface area contributed by atoms with Crippen LogP contribution in [0.4, 0.5) is 0 Å². The molecule has 4 heteroatoms. The molecule has 0 aliphatic rings. The largest absolute Gasteiger partial charge is 0.345 e. The average Bonchev–Trinajstić information content (AvgIpc) is 2.60. The fourth-order valence-corrected chi connectivity index (χ4v) is 1.67. The lowest BCUT2D eigenvalue weighted by molar-refractivity contribution is -0.118. The van der Waals surface area contributed by atoms with E-state index in [1.807, 2.05) is 6.07 Å². The van der Waals surface area contributed by atoms with Gasteiger partial charge in [0.1, 0.15) is 0 Å². The second-order valence-corrected chi connectivity index (χ2v) is 4.02. The molecular formula is C11H11NO2S. The van der Waals surface area contributed by atoms with E-state index < -0.39 is 0 Å². The van der Waals surface area contributed by atoms with Crippen molar-refractivity contribution >= 4 is 23.0 Å². The quantitative estimate of drug-likeness (QED) is 0.606. The molecule has 1 N–H and O–H groups in total. The predicted octanol–water partition coefficient (Wildman–Crippen LogP) is 1.44. The maximum atomic E-state index is 11.0. The molecule has 0 radical (unpaired) electrons. The highest BCUT2D eigenvalue weighted by Gasteiger charge is 2.01. The lowest BCUT2D eigenvalue weighted by atomic mass is 10.3. The summed E-state index contributed by atoms with van der Waals surface area (Å²) in [5.74, 6) is 5.63. The highest BCUT2D eigenvalue weighted by molar-refractivity contribution is 7.14. The van der Waals surface area contributed by atoms with Crippen molar-refractivity contribution in [2.45, 2.75) is 13.8 Å². The highest BCUT2D eigenvalue weighted by Crippen LogP contribution is 2.15. The molecule has 0 fully saturated rings. The molecule has 15 heavy (non-hydrogen) atoms. The summed E-state index contributed by atoms with van der Waals surface area (Å²) >= 11 is 1.36. The molecule has 0 bridgehead atoms. The maximum absolute atomic E-state index is 11.0. The Balaban J connectivity index is 2.56. The smallest absolute Gasteiger partial charge is 0.217 e. The first kappa shape index (κ1) is 11.5. The van der Waals surface area contributed by atoms with E-state index >= 15 is 0 Å². The molecule has 78 valence electrons. The summed E-state index contributed by atoms with van der Waals surface area (Å²) in [4.78, 5) is 23.1. The van der Waals surface area contributed by atoms with Crippen molar-refractivity contribution in [2.24, 2.45) is 0 Å². The van der Waals surface area contributed by atoms with E-state index in [0.717, 1.165) is 4.88 Å². The monoisotopic (exact) mass is 221 g/mol. The van der Waals surface area contributed by atoms with Crippen molar-refractivity contribution in [3.8, 4) is 11.8 Å². The van der Waals surface area contributed by atoms with Crippen molar-refractivity contribution in [3.05, 3.63) is 21.9 Å². The van der Waals surface area contributed by atoms with Crippen LogP contribution in [0.2, 0.25) is 0 Å². The number of carbonyl (C=O) groups is 2. The van der Waals surface area contributed by atoms with Gasteiger partial charge in [-0.25, -0.2) is 0 Å². The second-order valence-electron chi connectivity index (χ2n) is 2.93. The van der Waals surface area contributed by atoms with Crippen LogP contribution in [0.25, 0.3) is 0 Å². The molecule has 1 heterocycles. The summed E-state index contributed by atoms with van der Waals surface area (Å²) in [6.07, 6.45) is 0. The number of nitrogens with one attached hydrogen (secondary N) is 1. The van der Waals surface area contributed by atoms with Gasteiger partial charge in [0, 0.05) is 6.92 Å². The Morgan fingerprint density at radius 1 is 1.40 bits per heavy atom. The molecule has 1 amide bonds. The minimum atomic E-state index is -0.0973. The predicted molar refractivity (Wildman–Crippen MR) is 59.9 cm³/mol. The number of carbonyl (C=O) groups excluding carboxylic acids is 2. The summed E-state index contributed by atoms with van der Waals surface area (Å²) in [7, 11) is 0. The summed E-state index contributed by atoms with van der Waals surface area (Å²) in [5.41, 5.74) is 0. The van der Waals surface area contributed by atoms with Crippen LogP contribution in [0.1, 0.15) is 28.4 Å². The van der Waals surface area contributed by atoms with Crippen LogP contribution >= 0.6 is 11.3 Å². The highest BCUT2D eigenvalue weighted by atomic mass is 32.1. The standard InChI is InChI=1S/C11H11NO2S/c1-8(13)11-6-5-10(15-11)4-3-7-12-9(2)14/h5-6H,7H2,1-2H3,(H,12,14). The van der Waals surface area contributed by atoms with E-state index in [4.69, 9.17) is 0 Å². The average molecular weight is 221 g/mol. The first-order valence-corrected chi connectivity index (χ1v) is 5.25. The van der Waals surface area contributed by atoms with Crippen LogP contribution in [0.5, 0.6) is 0 Å². The molecule has 1 rings (SSSR count). The Bertz CT molecular complexity index is 437. The first-order chi connectivity index (χ1) is 7.09. The van der Waals surface area contributed by atoms with E-state index in [1.54, 1.807) is 6.07 Å². The van der Waals surface area contributed by atoms with E-state index in [9.17, 15) is 9.59 Å². The third kappa shape index (κ3) is 3.96. The normalized spacial score (nSPS) is 8.93. The second kappa shape index (κ2) is 5.32. The SMILES string of the molecule is CC(=O)NCC#Cc1ccc(C(C)=O)s1.